The van der Waals surface area contributed by atoms with Gasteiger partial charge in [0, 0.05) is 17.3 Å². The van der Waals surface area contributed by atoms with Gasteiger partial charge in [-0.2, -0.15) is 0 Å². The number of amides is 1. The van der Waals surface area contributed by atoms with Gasteiger partial charge in [-0.3, -0.25) is 14.5 Å². The fraction of sp³-hybridized carbons (Fsp3) is 0.241. The molecule has 3 aromatic rings. The molecule has 6 nitrogen and oxygen atoms in total. The molecule has 180 valence electrons. The number of aryl methyl sites for hydroxylation is 3. The van der Waals surface area contributed by atoms with Crippen LogP contribution in [0.1, 0.15) is 40.8 Å². The van der Waals surface area contributed by atoms with Gasteiger partial charge >= 0.3 is 0 Å². The van der Waals surface area contributed by atoms with Gasteiger partial charge in [-0.05, 0) is 74.2 Å². The SMILES string of the molecule is CCOc1cccc(N2C(=O)C(=O)/C(=C(/O)c3cc(C)c(OC)cc3C)C2c2ccccc2C)c1. The molecule has 1 N–H and O–H groups in total. The van der Waals surface area contributed by atoms with Crippen LogP contribution < -0.4 is 14.4 Å². The predicted molar refractivity (Wildman–Crippen MR) is 136 cm³/mol. The Bertz CT molecular complexity index is 1340. The van der Waals surface area contributed by atoms with E-state index < -0.39 is 17.7 Å². The Morgan fingerprint density at radius 2 is 1.69 bits per heavy atom. The Morgan fingerprint density at radius 1 is 0.943 bits per heavy atom. The molecular weight excluding hydrogens is 442 g/mol. The van der Waals surface area contributed by atoms with Gasteiger partial charge in [-0.1, -0.05) is 30.3 Å². The number of aliphatic hydroxyl groups is 1. The Hall–Kier alpha value is -4.06. The number of carbonyl (C=O) groups is 2. The maximum atomic E-state index is 13.5. The second-order valence-electron chi connectivity index (χ2n) is 8.59. The minimum atomic E-state index is -0.796. The van der Waals surface area contributed by atoms with Gasteiger partial charge in [0.15, 0.2) is 0 Å². The average Bonchev–Trinajstić information content (AvgIpc) is 3.10. The minimum absolute atomic E-state index is 0.0544. The summed E-state index contributed by atoms with van der Waals surface area (Å²) in [5, 5.41) is 11.5. The molecule has 0 spiro atoms. The number of aliphatic hydroxyl groups excluding tert-OH is 1. The summed E-state index contributed by atoms with van der Waals surface area (Å²) in [4.78, 5) is 28.4. The van der Waals surface area contributed by atoms with Crippen LogP contribution in [0.4, 0.5) is 5.69 Å². The molecule has 0 saturated carbocycles. The van der Waals surface area contributed by atoms with E-state index in [2.05, 4.69) is 0 Å². The lowest BCUT2D eigenvalue weighted by Crippen LogP contribution is -2.29. The van der Waals surface area contributed by atoms with Crippen LogP contribution in [0.15, 0.2) is 66.2 Å². The molecule has 3 aromatic carbocycles. The van der Waals surface area contributed by atoms with Gasteiger partial charge in [0.25, 0.3) is 11.7 Å². The van der Waals surface area contributed by atoms with Crippen LogP contribution in [-0.4, -0.2) is 30.5 Å². The van der Waals surface area contributed by atoms with E-state index in [4.69, 9.17) is 9.47 Å². The monoisotopic (exact) mass is 471 g/mol. The normalized spacial score (nSPS) is 17.1. The number of anilines is 1. The number of hydrogen-bond donors (Lipinski definition) is 1. The quantitative estimate of drug-likeness (QED) is 0.286. The highest BCUT2D eigenvalue weighted by Gasteiger charge is 2.47. The zero-order chi connectivity index (χ0) is 25.3. The van der Waals surface area contributed by atoms with E-state index in [9.17, 15) is 14.7 Å². The largest absolute Gasteiger partial charge is 0.507 e. The Labute approximate surface area is 205 Å². The third-order valence-corrected chi connectivity index (χ3v) is 6.33. The highest BCUT2D eigenvalue weighted by atomic mass is 16.5. The van der Waals surface area contributed by atoms with Crippen LogP contribution >= 0.6 is 0 Å². The van der Waals surface area contributed by atoms with Crippen LogP contribution in [0.5, 0.6) is 11.5 Å². The van der Waals surface area contributed by atoms with Crippen molar-refractivity contribution >= 4 is 23.1 Å². The maximum absolute atomic E-state index is 13.5. The number of benzene rings is 3. The summed E-state index contributed by atoms with van der Waals surface area (Å²) >= 11 is 0. The molecule has 1 aliphatic heterocycles. The van der Waals surface area contributed by atoms with Crippen molar-refractivity contribution in [2.24, 2.45) is 0 Å². The molecule has 1 saturated heterocycles. The summed E-state index contributed by atoms with van der Waals surface area (Å²) in [7, 11) is 1.58. The Morgan fingerprint density at radius 3 is 2.37 bits per heavy atom. The molecule has 0 aromatic heterocycles. The summed E-state index contributed by atoms with van der Waals surface area (Å²) in [6, 6.07) is 17.5. The van der Waals surface area contributed by atoms with Crippen LogP contribution in [0.25, 0.3) is 5.76 Å². The Kier molecular flexibility index (Phi) is 6.65. The molecule has 1 atom stereocenters. The third kappa shape index (κ3) is 4.28. The van der Waals surface area contributed by atoms with Crippen molar-refractivity contribution in [2.45, 2.75) is 33.7 Å². The van der Waals surface area contributed by atoms with Gasteiger partial charge in [-0.25, -0.2) is 0 Å². The molecule has 1 unspecified atom stereocenters. The van der Waals surface area contributed by atoms with Crippen LogP contribution in [-0.2, 0) is 9.59 Å². The second kappa shape index (κ2) is 9.66. The van der Waals surface area contributed by atoms with Crippen molar-refractivity contribution < 1.29 is 24.2 Å². The number of methoxy groups -OCH3 is 1. The minimum Gasteiger partial charge on any atom is -0.507 e. The highest BCUT2D eigenvalue weighted by molar-refractivity contribution is 6.51. The van der Waals surface area contributed by atoms with E-state index in [0.717, 1.165) is 22.3 Å². The van der Waals surface area contributed by atoms with Gasteiger partial charge < -0.3 is 14.6 Å². The van der Waals surface area contributed by atoms with E-state index in [1.807, 2.05) is 58.0 Å². The summed E-state index contributed by atoms with van der Waals surface area (Å²) in [5.74, 6) is -0.357. The molecule has 1 amide bonds. The van der Waals surface area contributed by atoms with Crippen LogP contribution in [0.2, 0.25) is 0 Å². The van der Waals surface area contributed by atoms with Crippen LogP contribution in [0.3, 0.4) is 0 Å². The zero-order valence-electron chi connectivity index (χ0n) is 20.6. The van der Waals surface area contributed by atoms with Gasteiger partial charge in [0.1, 0.15) is 17.3 Å². The lowest BCUT2D eigenvalue weighted by Gasteiger charge is -2.27. The standard InChI is InChI=1S/C29H29NO5/c1-6-35-21-12-9-11-20(16-21)30-26(22-13-8-7-10-17(22)2)25(28(32)29(30)33)27(31)23-14-19(4)24(34-5)15-18(23)3/h7-16,26,31H,6H2,1-5H3/b27-25+. The van der Waals surface area contributed by atoms with Crippen molar-refractivity contribution in [1.82, 2.24) is 0 Å². The molecule has 1 heterocycles. The number of ether oxygens (including phenoxy) is 2. The van der Waals surface area contributed by atoms with Crippen molar-refractivity contribution in [1.29, 1.82) is 0 Å². The number of rotatable bonds is 6. The fourth-order valence-electron chi connectivity index (χ4n) is 4.59. The highest BCUT2D eigenvalue weighted by Crippen LogP contribution is 2.44. The van der Waals surface area contributed by atoms with Crippen molar-refractivity contribution in [3.63, 3.8) is 0 Å². The van der Waals surface area contributed by atoms with E-state index in [1.165, 1.54) is 4.90 Å². The van der Waals surface area contributed by atoms with E-state index in [0.29, 0.717) is 29.4 Å². The average molecular weight is 472 g/mol. The first-order chi connectivity index (χ1) is 16.8. The summed E-state index contributed by atoms with van der Waals surface area (Å²) in [6.07, 6.45) is 0. The molecule has 0 radical (unpaired) electrons. The molecule has 4 rings (SSSR count). The Balaban J connectivity index is 1.97. The van der Waals surface area contributed by atoms with Crippen molar-refractivity contribution in [3.8, 4) is 11.5 Å². The smallest absolute Gasteiger partial charge is 0.300 e. The van der Waals surface area contributed by atoms with Gasteiger partial charge in [0.2, 0.25) is 0 Å². The van der Waals surface area contributed by atoms with Gasteiger partial charge in [0.05, 0.1) is 25.3 Å². The summed E-state index contributed by atoms with van der Waals surface area (Å²) in [5.41, 5.74) is 4.27. The molecule has 1 aliphatic rings. The van der Waals surface area contributed by atoms with E-state index >= 15 is 0 Å². The van der Waals surface area contributed by atoms with Crippen molar-refractivity contribution in [3.05, 3.63) is 94.1 Å². The maximum Gasteiger partial charge on any atom is 0.300 e. The van der Waals surface area contributed by atoms with Crippen LogP contribution in [0, 0.1) is 20.8 Å². The number of hydrogen-bond acceptors (Lipinski definition) is 5. The van der Waals surface area contributed by atoms with Crippen molar-refractivity contribution in [2.75, 3.05) is 18.6 Å². The first kappa shape index (κ1) is 24.1. The van der Waals surface area contributed by atoms with Gasteiger partial charge in [-0.15, -0.1) is 0 Å². The number of ketones is 1. The molecule has 35 heavy (non-hydrogen) atoms. The molecule has 0 aliphatic carbocycles. The third-order valence-electron chi connectivity index (χ3n) is 6.33. The number of nitrogens with zero attached hydrogens (tertiary/aromatic N) is 1. The molecule has 0 bridgehead atoms. The van der Waals surface area contributed by atoms with E-state index in [1.54, 1.807) is 37.4 Å². The predicted octanol–water partition coefficient (Wildman–Crippen LogP) is 5.65. The zero-order valence-corrected chi connectivity index (χ0v) is 20.6. The summed E-state index contributed by atoms with van der Waals surface area (Å²) in [6.45, 7) is 7.98. The molecule has 1 fully saturated rings. The fourth-order valence-corrected chi connectivity index (χ4v) is 4.59. The topological polar surface area (TPSA) is 76.1 Å². The lowest BCUT2D eigenvalue weighted by atomic mass is 9.91. The first-order valence-corrected chi connectivity index (χ1v) is 11.5. The van der Waals surface area contributed by atoms with E-state index in [-0.39, 0.29) is 11.3 Å². The molecular formula is C29H29NO5. The molecule has 6 heteroatoms. The number of Topliss-reactive ketones (excluding diaryl/α,β-unsaturated/α-hetero) is 1. The lowest BCUT2D eigenvalue weighted by molar-refractivity contribution is -0.132. The number of carbonyl (C=O) groups excluding carboxylic acids is 2. The second-order valence-corrected chi connectivity index (χ2v) is 8.59. The summed E-state index contributed by atoms with van der Waals surface area (Å²) < 4.78 is 11.0. The first-order valence-electron chi connectivity index (χ1n) is 11.5.